The van der Waals surface area contributed by atoms with Gasteiger partial charge in [-0.1, -0.05) is 30.3 Å². The largest absolute Gasteiger partial charge is 0.478 e. The van der Waals surface area contributed by atoms with Crippen molar-refractivity contribution < 1.29 is 29.0 Å². The molecule has 3 N–H and O–H groups in total. The molecule has 0 spiro atoms. The van der Waals surface area contributed by atoms with Crippen molar-refractivity contribution in [1.82, 2.24) is 9.97 Å². The highest BCUT2D eigenvalue weighted by Crippen LogP contribution is 2.23. The maximum Gasteiger partial charge on any atom is 0.328 e. The van der Waals surface area contributed by atoms with E-state index >= 15 is 0 Å². The highest BCUT2D eigenvalue weighted by Gasteiger charge is 2.13. The summed E-state index contributed by atoms with van der Waals surface area (Å²) in [5.41, 5.74) is 2.45. The monoisotopic (exact) mass is 398 g/mol. The SMILES string of the molecule is Cc1[nH]cnc1CCC(=O)c1cccc2c(F)cccc12.O=C(O)/C=C\C(=O)O. The topological polar surface area (TPSA) is 120 Å². The van der Waals surface area contributed by atoms with E-state index in [1.807, 2.05) is 6.92 Å². The molecule has 0 atom stereocenters. The lowest BCUT2D eigenvalue weighted by Gasteiger charge is -2.06. The number of carbonyl (C=O) groups is 3. The Kier molecular flexibility index (Phi) is 7.36. The van der Waals surface area contributed by atoms with Gasteiger partial charge in [0.05, 0.1) is 12.0 Å². The third-order valence-electron chi connectivity index (χ3n) is 4.06. The standard InChI is InChI=1S/C17H15FN2O.C4H4O4/c1-11-16(20-10-19-11)8-9-17(21)14-6-2-5-13-12(14)4-3-7-15(13)18;5-3(6)1-2-4(7)8/h2-7,10H,8-9H2,1H3,(H,19,20);1-2H,(H,5,6)(H,7,8)/b;2-1-. The number of nitrogens with one attached hydrogen (secondary N) is 1. The summed E-state index contributed by atoms with van der Waals surface area (Å²) in [5, 5.41) is 16.8. The van der Waals surface area contributed by atoms with E-state index in [0.717, 1.165) is 11.4 Å². The fraction of sp³-hybridized carbons (Fsp3) is 0.143. The number of carboxylic acid groups (broad SMARTS) is 2. The number of carboxylic acids is 2. The van der Waals surface area contributed by atoms with E-state index in [4.69, 9.17) is 10.2 Å². The number of Topliss-reactive ketones (excluding diaryl/α,β-unsaturated/α-hetero) is 1. The Morgan fingerprint density at radius 1 is 1.03 bits per heavy atom. The molecule has 0 amide bonds. The molecule has 7 nitrogen and oxygen atoms in total. The quantitative estimate of drug-likeness (QED) is 0.431. The number of hydrogen-bond donors (Lipinski definition) is 3. The number of hydrogen-bond acceptors (Lipinski definition) is 4. The first-order valence-corrected chi connectivity index (χ1v) is 8.62. The number of halogens is 1. The van der Waals surface area contributed by atoms with E-state index < -0.39 is 11.9 Å². The molecule has 150 valence electrons. The number of aromatic nitrogens is 2. The van der Waals surface area contributed by atoms with Crippen LogP contribution in [-0.4, -0.2) is 37.9 Å². The Morgan fingerprint density at radius 2 is 1.66 bits per heavy atom. The van der Waals surface area contributed by atoms with Gasteiger partial charge in [-0.2, -0.15) is 0 Å². The Hall–Kier alpha value is -3.81. The molecule has 2 aromatic carbocycles. The second kappa shape index (κ2) is 9.93. The molecule has 3 rings (SSSR count). The molecule has 8 heteroatoms. The van der Waals surface area contributed by atoms with Gasteiger partial charge in [0.25, 0.3) is 0 Å². The first-order valence-electron chi connectivity index (χ1n) is 8.62. The number of aromatic amines is 1. The predicted octanol–water partition coefficient (Wildman–Crippen LogP) is 3.54. The van der Waals surface area contributed by atoms with Crippen LogP contribution in [0.5, 0.6) is 0 Å². The summed E-state index contributed by atoms with van der Waals surface area (Å²) >= 11 is 0. The number of ketones is 1. The number of H-pyrrole nitrogens is 1. The Labute approximate surface area is 165 Å². The molecule has 1 heterocycles. The lowest BCUT2D eigenvalue weighted by molar-refractivity contribution is -0.134. The highest BCUT2D eigenvalue weighted by molar-refractivity contribution is 6.08. The Morgan fingerprint density at radius 3 is 2.24 bits per heavy atom. The smallest absolute Gasteiger partial charge is 0.328 e. The van der Waals surface area contributed by atoms with E-state index in [2.05, 4.69) is 9.97 Å². The fourth-order valence-corrected chi connectivity index (χ4v) is 2.66. The summed E-state index contributed by atoms with van der Waals surface area (Å²) in [6, 6.07) is 9.99. The number of aliphatic carboxylic acids is 2. The predicted molar refractivity (Wildman–Crippen MR) is 104 cm³/mol. The summed E-state index contributed by atoms with van der Waals surface area (Å²) in [5.74, 6) is -2.81. The van der Waals surface area contributed by atoms with Gasteiger partial charge in [-0.3, -0.25) is 4.79 Å². The van der Waals surface area contributed by atoms with Crippen LogP contribution < -0.4 is 0 Å². The fourth-order valence-electron chi connectivity index (χ4n) is 2.66. The summed E-state index contributed by atoms with van der Waals surface area (Å²) in [4.78, 5) is 38.7. The number of rotatable bonds is 6. The van der Waals surface area contributed by atoms with Crippen molar-refractivity contribution in [3.05, 3.63) is 77.6 Å². The van der Waals surface area contributed by atoms with Crippen LogP contribution in [0.4, 0.5) is 4.39 Å². The number of nitrogens with zero attached hydrogens (tertiary/aromatic N) is 1. The second-order valence-electron chi connectivity index (χ2n) is 6.05. The molecule has 0 aliphatic rings. The van der Waals surface area contributed by atoms with Gasteiger partial charge in [0, 0.05) is 35.2 Å². The van der Waals surface area contributed by atoms with Crippen molar-refractivity contribution in [2.75, 3.05) is 0 Å². The third-order valence-corrected chi connectivity index (χ3v) is 4.06. The zero-order chi connectivity index (χ0) is 21.4. The Bertz CT molecular complexity index is 1060. The van der Waals surface area contributed by atoms with Gasteiger partial charge in [0.1, 0.15) is 5.82 Å². The van der Waals surface area contributed by atoms with Crippen LogP contribution >= 0.6 is 0 Å². The van der Waals surface area contributed by atoms with E-state index in [1.54, 1.807) is 36.7 Å². The van der Waals surface area contributed by atoms with Crippen LogP contribution in [0.15, 0.2) is 54.9 Å². The molecule has 0 aliphatic carbocycles. The highest BCUT2D eigenvalue weighted by atomic mass is 19.1. The van der Waals surface area contributed by atoms with Gasteiger partial charge < -0.3 is 15.2 Å². The summed E-state index contributed by atoms with van der Waals surface area (Å²) < 4.78 is 13.8. The number of fused-ring (bicyclic) bond motifs is 1. The van der Waals surface area contributed by atoms with Crippen LogP contribution in [0.2, 0.25) is 0 Å². The first kappa shape index (κ1) is 21.5. The van der Waals surface area contributed by atoms with E-state index in [0.29, 0.717) is 41.3 Å². The number of aryl methyl sites for hydroxylation is 2. The zero-order valence-corrected chi connectivity index (χ0v) is 15.6. The molecule has 0 unspecified atom stereocenters. The number of imidazole rings is 1. The average molecular weight is 398 g/mol. The van der Waals surface area contributed by atoms with Gasteiger partial charge in [-0.05, 0) is 24.8 Å². The lowest BCUT2D eigenvalue weighted by atomic mass is 9.98. The minimum absolute atomic E-state index is 0.00796. The third kappa shape index (κ3) is 6.10. The lowest BCUT2D eigenvalue weighted by Crippen LogP contribution is -2.03. The second-order valence-corrected chi connectivity index (χ2v) is 6.05. The van der Waals surface area contributed by atoms with Crippen molar-refractivity contribution in [3.63, 3.8) is 0 Å². The van der Waals surface area contributed by atoms with Crippen LogP contribution in [0.1, 0.15) is 28.2 Å². The molecule has 3 aromatic rings. The van der Waals surface area contributed by atoms with Crippen LogP contribution in [-0.2, 0) is 16.0 Å². The first-order chi connectivity index (χ1) is 13.8. The molecule has 29 heavy (non-hydrogen) atoms. The van der Waals surface area contributed by atoms with E-state index in [9.17, 15) is 18.8 Å². The molecule has 0 radical (unpaired) electrons. The molecular weight excluding hydrogens is 379 g/mol. The van der Waals surface area contributed by atoms with Gasteiger partial charge in [0.2, 0.25) is 0 Å². The van der Waals surface area contributed by atoms with Crippen LogP contribution in [0, 0.1) is 12.7 Å². The van der Waals surface area contributed by atoms with Gasteiger partial charge in [-0.25, -0.2) is 19.0 Å². The number of carbonyl (C=O) groups excluding carboxylic acids is 1. The normalized spacial score (nSPS) is 10.6. The zero-order valence-electron chi connectivity index (χ0n) is 15.6. The van der Waals surface area contributed by atoms with E-state index in [1.165, 1.54) is 6.07 Å². The van der Waals surface area contributed by atoms with Crippen LogP contribution in [0.25, 0.3) is 10.8 Å². The summed E-state index contributed by atoms with van der Waals surface area (Å²) in [6.07, 6.45) is 3.69. The van der Waals surface area contributed by atoms with Gasteiger partial charge >= 0.3 is 11.9 Å². The minimum Gasteiger partial charge on any atom is -0.478 e. The molecular formula is C21H19FN2O5. The summed E-state index contributed by atoms with van der Waals surface area (Å²) in [6.45, 7) is 1.93. The van der Waals surface area contributed by atoms with Crippen LogP contribution in [0.3, 0.4) is 0 Å². The minimum atomic E-state index is -1.26. The van der Waals surface area contributed by atoms with Crippen molar-refractivity contribution in [3.8, 4) is 0 Å². The van der Waals surface area contributed by atoms with Crippen molar-refractivity contribution in [1.29, 1.82) is 0 Å². The average Bonchev–Trinajstić information content (AvgIpc) is 3.10. The van der Waals surface area contributed by atoms with Crippen molar-refractivity contribution >= 4 is 28.5 Å². The van der Waals surface area contributed by atoms with Crippen molar-refractivity contribution in [2.45, 2.75) is 19.8 Å². The summed E-state index contributed by atoms with van der Waals surface area (Å²) in [7, 11) is 0. The molecule has 1 aromatic heterocycles. The maximum absolute atomic E-state index is 13.8. The number of benzene rings is 2. The van der Waals surface area contributed by atoms with Gasteiger partial charge in [-0.15, -0.1) is 0 Å². The molecule has 0 aliphatic heterocycles. The van der Waals surface area contributed by atoms with Crippen molar-refractivity contribution in [2.24, 2.45) is 0 Å². The molecule has 0 fully saturated rings. The molecule has 0 saturated heterocycles. The van der Waals surface area contributed by atoms with Gasteiger partial charge in [0.15, 0.2) is 5.78 Å². The molecule has 0 bridgehead atoms. The Balaban J connectivity index is 0.000000321. The van der Waals surface area contributed by atoms with E-state index in [-0.39, 0.29) is 11.6 Å². The molecule has 0 saturated carbocycles. The maximum atomic E-state index is 13.8.